The lowest BCUT2D eigenvalue weighted by Crippen LogP contribution is -3.13. The van der Waals surface area contributed by atoms with Crippen molar-refractivity contribution in [3.8, 4) is 5.75 Å². The maximum atomic E-state index is 13.1. The van der Waals surface area contributed by atoms with Crippen molar-refractivity contribution in [1.29, 1.82) is 0 Å². The van der Waals surface area contributed by atoms with Gasteiger partial charge in [-0.1, -0.05) is 12.1 Å². The second kappa shape index (κ2) is 8.51. The van der Waals surface area contributed by atoms with Crippen LogP contribution in [0.5, 0.6) is 5.75 Å². The summed E-state index contributed by atoms with van der Waals surface area (Å²) >= 11 is 1.67. The molecule has 1 heterocycles. The van der Waals surface area contributed by atoms with Gasteiger partial charge in [0.05, 0.1) is 29.4 Å². The highest BCUT2D eigenvalue weighted by Crippen LogP contribution is 2.28. The third-order valence-electron chi connectivity index (χ3n) is 5.77. The molecule has 0 radical (unpaired) electrons. The van der Waals surface area contributed by atoms with Gasteiger partial charge < -0.3 is 14.5 Å². The van der Waals surface area contributed by atoms with Crippen molar-refractivity contribution < 1.29 is 14.4 Å². The van der Waals surface area contributed by atoms with Crippen LogP contribution in [0, 0.1) is 0 Å². The standard InChI is InChI=1S/C23H27N3O2S/c1-16(23-24-20-6-4-5-7-21(20)29-23)25(2)22(27)15-26(18-10-11-18)14-17-8-12-19(28-3)13-9-17/h4-9,12-13,16,18H,10-11,14-15H2,1-3H3/p+1/t16-/m0/s1. The number of rotatable bonds is 8. The fourth-order valence-electron chi connectivity index (χ4n) is 3.62. The Morgan fingerprint density at radius 1 is 1.24 bits per heavy atom. The molecular weight excluding hydrogens is 382 g/mol. The fraction of sp³-hybridized carbons (Fsp3) is 0.391. The normalized spacial score (nSPS) is 15.8. The zero-order valence-corrected chi connectivity index (χ0v) is 18.0. The van der Waals surface area contributed by atoms with E-state index in [1.165, 1.54) is 28.0 Å². The number of aromatic nitrogens is 1. The molecule has 1 saturated carbocycles. The number of para-hydroxylation sites is 1. The Balaban J connectivity index is 1.42. The number of thiazole rings is 1. The molecule has 2 atom stereocenters. The lowest BCUT2D eigenvalue weighted by atomic mass is 10.2. The second-order valence-electron chi connectivity index (χ2n) is 7.83. The molecule has 1 fully saturated rings. The third-order valence-corrected chi connectivity index (χ3v) is 6.97. The van der Waals surface area contributed by atoms with Crippen LogP contribution in [0.2, 0.25) is 0 Å². The average Bonchev–Trinajstić information content (AvgIpc) is 3.50. The second-order valence-corrected chi connectivity index (χ2v) is 8.90. The van der Waals surface area contributed by atoms with E-state index in [-0.39, 0.29) is 11.9 Å². The van der Waals surface area contributed by atoms with Crippen molar-refractivity contribution in [3.63, 3.8) is 0 Å². The number of carbonyl (C=O) groups excluding carboxylic acids is 1. The largest absolute Gasteiger partial charge is 0.497 e. The number of nitrogens with zero attached hydrogens (tertiary/aromatic N) is 2. The lowest BCUT2D eigenvalue weighted by Gasteiger charge is -2.26. The van der Waals surface area contributed by atoms with Crippen molar-refractivity contribution in [2.45, 2.75) is 38.4 Å². The van der Waals surface area contributed by atoms with E-state index in [1.807, 2.05) is 42.3 Å². The Kier molecular flexibility index (Phi) is 5.83. The molecule has 3 aromatic rings. The molecule has 1 N–H and O–H groups in total. The highest BCUT2D eigenvalue weighted by atomic mass is 32.1. The molecule has 1 aliphatic rings. The zero-order chi connectivity index (χ0) is 20.4. The smallest absolute Gasteiger partial charge is 0.278 e. The maximum absolute atomic E-state index is 13.1. The van der Waals surface area contributed by atoms with Crippen molar-refractivity contribution in [1.82, 2.24) is 9.88 Å². The monoisotopic (exact) mass is 410 g/mol. The van der Waals surface area contributed by atoms with E-state index < -0.39 is 0 Å². The van der Waals surface area contributed by atoms with Crippen LogP contribution < -0.4 is 9.64 Å². The van der Waals surface area contributed by atoms with Gasteiger partial charge in [0.2, 0.25) is 0 Å². The van der Waals surface area contributed by atoms with Gasteiger partial charge >= 0.3 is 0 Å². The summed E-state index contributed by atoms with van der Waals surface area (Å²) in [6.45, 7) is 3.45. The Bertz CT molecular complexity index is 948. The summed E-state index contributed by atoms with van der Waals surface area (Å²) in [6.07, 6.45) is 2.41. The molecule has 4 rings (SSSR count). The van der Waals surface area contributed by atoms with Gasteiger partial charge in [0.15, 0.2) is 6.54 Å². The minimum atomic E-state index is -0.0265. The Morgan fingerprint density at radius 2 is 1.97 bits per heavy atom. The van der Waals surface area contributed by atoms with Gasteiger partial charge in [-0.15, -0.1) is 11.3 Å². The minimum Gasteiger partial charge on any atom is -0.497 e. The number of quaternary nitrogens is 1. The molecule has 5 nitrogen and oxygen atoms in total. The Morgan fingerprint density at radius 3 is 2.62 bits per heavy atom. The number of carbonyl (C=O) groups is 1. The van der Waals surface area contributed by atoms with Crippen LogP contribution in [-0.2, 0) is 11.3 Å². The van der Waals surface area contributed by atoms with Gasteiger partial charge in [0.1, 0.15) is 17.3 Å². The van der Waals surface area contributed by atoms with E-state index in [2.05, 4.69) is 25.1 Å². The van der Waals surface area contributed by atoms with Crippen LogP contribution >= 0.6 is 11.3 Å². The highest BCUT2D eigenvalue weighted by Gasteiger charge is 2.36. The third kappa shape index (κ3) is 4.60. The number of nitrogens with one attached hydrogen (secondary N) is 1. The molecule has 29 heavy (non-hydrogen) atoms. The van der Waals surface area contributed by atoms with Gasteiger partial charge in [0, 0.05) is 25.5 Å². The zero-order valence-electron chi connectivity index (χ0n) is 17.2. The SMILES string of the molecule is COc1ccc(C[NH+](CC(=O)N(C)[C@@H](C)c2nc3ccccc3s2)C2CC2)cc1. The van der Waals surface area contributed by atoms with E-state index >= 15 is 0 Å². The summed E-state index contributed by atoms with van der Waals surface area (Å²) in [5.74, 6) is 1.04. The van der Waals surface area contributed by atoms with E-state index in [0.717, 1.165) is 22.8 Å². The summed E-state index contributed by atoms with van der Waals surface area (Å²) < 4.78 is 6.41. The Labute approximate surface area is 175 Å². The number of fused-ring (bicyclic) bond motifs is 1. The summed E-state index contributed by atoms with van der Waals surface area (Å²) in [7, 11) is 3.58. The number of methoxy groups -OCH3 is 1. The van der Waals surface area contributed by atoms with E-state index in [1.54, 1.807) is 18.4 Å². The number of benzene rings is 2. The van der Waals surface area contributed by atoms with Crippen molar-refractivity contribution in [3.05, 3.63) is 59.1 Å². The first-order valence-electron chi connectivity index (χ1n) is 10.1. The minimum absolute atomic E-state index is 0.0265. The first-order valence-corrected chi connectivity index (χ1v) is 11.0. The topological polar surface area (TPSA) is 46.9 Å². The van der Waals surface area contributed by atoms with Crippen LogP contribution in [0.4, 0.5) is 0 Å². The maximum Gasteiger partial charge on any atom is 0.278 e. The first-order chi connectivity index (χ1) is 14.0. The molecule has 0 bridgehead atoms. The van der Waals surface area contributed by atoms with Crippen LogP contribution in [0.1, 0.15) is 36.4 Å². The molecule has 1 amide bonds. The van der Waals surface area contributed by atoms with Gasteiger partial charge in [-0.3, -0.25) is 4.79 Å². The number of hydrogen-bond donors (Lipinski definition) is 1. The van der Waals surface area contributed by atoms with Crippen LogP contribution in [0.25, 0.3) is 10.2 Å². The summed E-state index contributed by atoms with van der Waals surface area (Å²) in [6, 6.07) is 16.9. The summed E-state index contributed by atoms with van der Waals surface area (Å²) in [5, 5.41) is 0.991. The summed E-state index contributed by atoms with van der Waals surface area (Å²) in [5.41, 5.74) is 2.24. The van der Waals surface area contributed by atoms with Crippen LogP contribution in [0.3, 0.4) is 0 Å². The number of likely N-dealkylation sites (N-methyl/N-ethyl adjacent to an activating group) is 1. The van der Waals surface area contributed by atoms with E-state index in [4.69, 9.17) is 9.72 Å². The molecule has 152 valence electrons. The van der Waals surface area contributed by atoms with Crippen molar-refractivity contribution in [2.24, 2.45) is 0 Å². The molecular formula is C23H28N3O2S+. The average molecular weight is 411 g/mol. The lowest BCUT2D eigenvalue weighted by molar-refractivity contribution is -0.917. The van der Waals surface area contributed by atoms with Crippen LogP contribution in [-0.4, -0.2) is 42.5 Å². The van der Waals surface area contributed by atoms with Gasteiger partial charge in [-0.2, -0.15) is 0 Å². The molecule has 0 spiro atoms. The first kappa shape index (κ1) is 19.9. The van der Waals surface area contributed by atoms with Gasteiger partial charge in [0.25, 0.3) is 5.91 Å². The van der Waals surface area contributed by atoms with Crippen molar-refractivity contribution >= 4 is 27.5 Å². The highest BCUT2D eigenvalue weighted by molar-refractivity contribution is 7.18. The summed E-state index contributed by atoms with van der Waals surface area (Å²) in [4.78, 5) is 21.0. The molecule has 6 heteroatoms. The Hall–Kier alpha value is -2.44. The molecule has 1 aromatic heterocycles. The quantitative estimate of drug-likeness (QED) is 0.621. The molecule has 0 aliphatic heterocycles. The fourth-order valence-corrected chi connectivity index (χ4v) is 4.68. The predicted octanol–water partition coefficient (Wildman–Crippen LogP) is 3.07. The predicted molar refractivity (Wildman–Crippen MR) is 116 cm³/mol. The number of ether oxygens (including phenoxy) is 1. The molecule has 2 aromatic carbocycles. The van der Waals surface area contributed by atoms with Gasteiger partial charge in [-0.25, -0.2) is 4.98 Å². The molecule has 1 unspecified atom stereocenters. The molecule has 1 aliphatic carbocycles. The molecule has 0 saturated heterocycles. The van der Waals surface area contributed by atoms with Gasteiger partial charge in [-0.05, 0) is 43.3 Å². The van der Waals surface area contributed by atoms with E-state index in [0.29, 0.717) is 12.6 Å². The van der Waals surface area contributed by atoms with Crippen molar-refractivity contribution in [2.75, 3.05) is 20.7 Å². The van der Waals surface area contributed by atoms with E-state index in [9.17, 15) is 4.79 Å². The number of amides is 1. The van der Waals surface area contributed by atoms with Crippen LogP contribution in [0.15, 0.2) is 48.5 Å². The number of hydrogen-bond acceptors (Lipinski definition) is 4.